The predicted octanol–water partition coefficient (Wildman–Crippen LogP) is -0.117. The molecular formula is C8H15F3N2O2. The lowest BCUT2D eigenvalue weighted by atomic mass is 10.2. The summed E-state index contributed by atoms with van der Waals surface area (Å²) in [6.07, 6.45) is -4.38. The Labute approximate surface area is 85.8 Å². The molecule has 0 heterocycles. The number of halogens is 3. The number of nitrogens with one attached hydrogen (secondary N) is 2. The Morgan fingerprint density at radius 2 is 2.07 bits per heavy atom. The Kier molecular flexibility index (Phi) is 6.26. The highest BCUT2D eigenvalue weighted by Crippen LogP contribution is 2.11. The van der Waals surface area contributed by atoms with Crippen LogP contribution in [0, 0.1) is 5.92 Å². The molecule has 0 radical (unpaired) electrons. The van der Waals surface area contributed by atoms with Gasteiger partial charge < -0.3 is 15.7 Å². The highest BCUT2D eigenvalue weighted by molar-refractivity contribution is 5.77. The average molecular weight is 228 g/mol. The summed E-state index contributed by atoms with van der Waals surface area (Å²) >= 11 is 0. The first-order chi connectivity index (χ1) is 6.85. The lowest BCUT2D eigenvalue weighted by Crippen LogP contribution is -2.40. The maximum Gasteiger partial charge on any atom is 0.405 e. The topological polar surface area (TPSA) is 61.4 Å². The Bertz CT molecular complexity index is 197. The minimum atomic E-state index is -4.38. The fraction of sp³-hybridized carbons (Fsp3) is 0.875. The lowest BCUT2D eigenvalue weighted by molar-refractivity contribution is -0.137. The van der Waals surface area contributed by atoms with Crippen LogP contribution in [0.1, 0.15) is 6.92 Å². The molecule has 15 heavy (non-hydrogen) atoms. The molecule has 1 unspecified atom stereocenters. The molecule has 0 aliphatic carbocycles. The fourth-order valence-electron chi connectivity index (χ4n) is 0.758. The van der Waals surface area contributed by atoms with Gasteiger partial charge in [-0.15, -0.1) is 0 Å². The molecule has 0 saturated carbocycles. The molecule has 0 bridgehead atoms. The summed E-state index contributed by atoms with van der Waals surface area (Å²) in [5.74, 6) is -0.738. The number of hydrogen-bond donors (Lipinski definition) is 3. The van der Waals surface area contributed by atoms with Crippen molar-refractivity contribution in [2.24, 2.45) is 5.92 Å². The summed E-state index contributed by atoms with van der Waals surface area (Å²) in [5.41, 5.74) is 0. The molecule has 0 spiro atoms. The molecule has 0 fully saturated rings. The first-order valence-corrected chi connectivity index (χ1v) is 4.50. The van der Waals surface area contributed by atoms with Crippen LogP contribution in [0.3, 0.4) is 0 Å². The van der Waals surface area contributed by atoms with Gasteiger partial charge in [-0.25, -0.2) is 0 Å². The van der Waals surface area contributed by atoms with Crippen LogP contribution in [0.2, 0.25) is 0 Å². The second-order valence-corrected chi connectivity index (χ2v) is 3.31. The molecular weight excluding hydrogens is 213 g/mol. The van der Waals surface area contributed by atoms with Crippen molar-refractivity contribution in [3.63, 3.8) is 0 Å². The van der Waals surface area contributed by atoms with Crippen LogP contribution >= 0.6 is 0 Å². The van der Waals surface area contributed by atoms with E-state index in [1.165, 1.54) is 0 Å². The van der Waals surface area contributed by atoms with Gasteiger partial charge in [0.05, 0.1) is 6.54 Å². The third kappa shape index (κ3) is 9.48. The summed E-state index contributed by atoms with van der Waals surface area (Å²) in [6, 6.07) is 0. The summed E-state index contributed by atoms with van der Waals surface area (Å²) in [4.78, 5) is 10.8. The van der Waals surface area contributed by atoms with E-state index in [0.29, 0.717) is 6.54 Å². The molecule has 1 amide bonds. The van der Waals surface area contributed by atoms with Gasteiger partial charge in [0.15, 0.2) is 0 Å². The molecule has 0 rings (SSSR count). The van der Waals surface area contributed by atoms with Gasteiger partial charge >= 0.3 is 6.18 Å². The molecule has 90 valence electrons. The van der Waals surface area contributed by atoms with E-state index in [9.17, 15) is 18.0 Å². The van der Waals surface area contributed by atoms with E-state index in [1.807, 2.05) is 0 Å². The van der Waals surface area contributed by atoms with Gasteiger partial charge in [-0.05, 0) is 5.92 Å². The third-order valence-electron chi connectivity index (χ3n) is 1.58. The Morgan fingerprint density at radius 1 is 1.47 bits per heavy atom. The van der Waals surface area contributed by atoms with Gasteiger partial charge in [-0.3, -0.25) is 4.79 Å². The highest BCUT2D eigenvalue weighted by Gasteiger charge is 2.27. The molecule has 0 aliphatic heterocycles. The van der Waals surface area contributed by atoms with E-state index in [2.05, 4.69) is 5.32 Å². The van der Waals surface area contributed by atoms with E-state index in [1.54, 1.807) is 12.2 Å². The van der Waals surface area contributed by atoms with E-state index >= 15 is 0 Å². The fourth-order valence-corrected chi connectivity index (χ4v) is 0.758. The average Bonchev–Trinajstić information content (AvgIpc) is 2.13. The van der Waals surface area contributed by atoms with E-state index in [0.717, 1.165) is 0 Å². The van der Waals surface area contributed by atoms with Crippen molar-refractivity contribution in [2.45, 2.75) is 13.1 Å². The predicted molar refractivity (Wildman–Crippen MR) is 48.2 cm³/mol. The van der Waals surface area contributed by atoms with Crippen LogP contribution < -0.4 is 10.6 Å². The number of amides is 1. The summed E-state index contributed by atoms with van der Waals surface area (Å²) in [7, 11) is 0. The number of hydrogen-bond acceptors (Lipinski definition) is 3. The van der Waals surface area contributed by atoms with Crippen LogP contribution in [-0.4, -0.2) is 43.4 Å². The zero-order chi connectivity index (χ0) is 11.9. The number of carbonyl (C=O) groups is 1. The quantitative estimate of drug-likeness (QED) is 0.594. The molecule has 4 nitrogen and oxygen atoms in total. The summed E-state index contributed by atoms with van der Waals surface area (Å²) in [6.45, 7) is 0.608. The zero-order valence-electron chi connectivity index (χ0n) is 8.40. The third-order valence-corrected chi connectivity index (χ3v) is 1.58. The molecule has 0 aromatic heterocycles. The molecule has 0 saturated heterocycles. The van der Waals surface area contributed by atoms with Gasteiger partial charge in [0.25, 0.3) is 0 Å². The van der Waals surface area contributed by atoms with Crippen molar-refractivity contribution in [3.05, 3.63) is 0 Å². The standard InChI is InChI=1S/C8H15F3N2O2/c1-6(4-14)2-12-3-7(15)13-5-8(9,10)11/h6,12,14H,2-5H2,1H3,(H,13,15). The van der Waals surface area contributed by atoms with Crippen molar-refractivity contribution >= 4 is 5.91 Å². The zero-order valence-corrected chi connectivity index (χ0v) is 8.40. The van der Waals surface area contributed by atoms with Crippen molar-refractivity contribution < 1.29 is 23.1 Å². The number of carbonyl (C=O) groups excluding carboxylic acids is 1. The maximum atomic E-state index is 11.7. The highest BCUT2D eigenvalue weighted by atomic mass is 19.4. The number of alkyl halides is 3. The Hall–Kier alpha value is -0.820. The van der Waals surface area contributed by atoms with Gasteiger partial charge in [0.2, 0.25) is 5.91 Å². The summed E-state index contributed by atoms with van der Waals surface area (Å²) < 4.78 is 35.0. The monoisotopic (exact) mass is 228 g/mol. The van der Waals surface area contributed by atoms with Gasteiger partial charge in [0.1, 0.15) is 6.54 Å². The van der Waals surface area contributed by atoms with Crippen LogP contribution in [0.5, 0.6) is 0 Å². The second-order valence-electron chi connectivity index (χ2n) is 3.31. The van der Waals surface area contributed by atoms with Crippen molar-refractivity contribution in [1.82, 2.24) is 10.6 Å². The molecule has 7 heteroatoms. The number of aliphatic hydroxyl groups is 1. The van der Waals surface area contributed by atoms with Crippen LogP contribution in [0.15, 0.2) is 0 Å². The van der Waals surface area contributed by atoms with Crippen molar-refractivity contribution in [3.8, 4) is 0 Å². The minimum Gasteiger partial charge on any atom is -0.396 e. The van der Waals surface area contributed by atoms with Gasteiger partial charge in [-0.2, -0.15) is 13.2 Å². The molecule has 0 aliphatic rings. The minimum absolute atomic E-state index is 0.0274. The van der Waals surface area contributed by atoms with Crippen LogP contribution in [0.4, 0.5) is 13.2 Å². The van der Waals surface area contributed by atoms with E-state index in [4.69, 9.17) is 5.11 Å². The molecule has 3 N–H and O–H groups in total. The lowest BCUT2D eigenvalue weighted by Gasteiger charge is -2.10. The van der Waals surface area contributed by atoms with Gasteiger partial charge in [-0.1, -0.05) is 6.92 Å². The Morgan fingerprint density at radius 3 is 2.53 bits per heavy atom. The summed E-state index contributed by atoms with van der Waals surface area (Å²) in [5, 5.41) is 13.0. The largest absolute Gasteiger partial charge is 0.405 e. The van der Waals surface area contributed by atoms with Crippen molar-refractivity contribution in [1.29, 1.82) is 0 Å². The van der Waals surface area contributed by atoms with Crippen LogP contribution in [0.25, 0.3) is 0 Å². The first kappa shape index (κ1) is 14.2. The van der Waals surface area contributed by atoms with Crippen molar-refractivity contribution in [2.75, 3.05) is 26.2 Å². The smallest absolute Gasteiger partial charge is 0.396 e. The first-order valence-electron chi connectivity index (χ1n) is 4.50. The SMILES string of the molecule is CC(CO)CNCC(=O)NCC(F)(F)F. The van der Waals surface area contributed by atoms with Crippen LogP contribution in [-0.2, 0) is 4.79 Å². The molecule has 1 atom stereocenters. The second kappa shape index (κ2) is 6.62. The number of aliphatic hydroxyl groups excluding tert-OH is 1. The Balaban J connectivity index is 3.50. The molecule has 0 aromatic rings. The normalized spacial score (nSPS) is 13.7. The maximum absolute atomic E-state index is 11.7. The van der Waals surface area contributed by atoms with E-state index < -0.39 is 18.6 Å². The number of rotatable bonds is 6. The van der Waals surface area contributed by atoms with E-state index in [-0.39, 0.29) is 19.1 Å². The molecule has 0 aromatic carbocycles. The van der Waals surface area contributed by atoms with Gasteiger partial charge in [0, 0.05) is 13.2 Å².